The molecule has 5 nitrogen and oxygen atoms in total. The number of hydrogen-bond donors (Lipinski definition) is 2. The number of alkyl halides is 3. The third kappa shape index (κ3) is 1.83. The molecule has 2 N–H and O–H groups in total. The van der Waals surface area contributed by atoms with Crippen LogP contribution in [0.15, 0.2) is 36.8 Å². The van der Waals surface area contributed by atoms with E-state index in [4.69, 9.17) is 0 Å². The lowest BCUT2D eigenvalue weighted by Crippen LogP contribution is -2.45. The van der Waals surface area contributed by atoms with E-state index in [1.807, 2.05) is 0 Å². The van der Waals surface area contributed by atoms with Crippen molar-refractivity contribution in [3.63, 3.8) is 0 Å². The summed E-state index contributed by atoms with van der Waals surface area (Å²) in [4.78, 5) is 6.31. The van der Waals surface area contributed by atoms with E-state index in [9.17, 15) is 18.3 Å². The first-order valence-corrected chi connectivity index (χ1v) is 6.06. The zero-order valence-corrected chi connectivity index (χ0v) is 10.9. The lowest BCUT2D eigenvalue weighted by Gasteiger charge is -2.29. The Kier molecular flexibility index (Phi) is 2.80. The van der Waals surface area contributed by atoms with Gasteiger partial charge in [0, 0.05) is 29.7 Å². The molecule has 0 aliphatic rings. The van der Waals surface area contributed by atoms with Gasteiger partial charge in [-0.1, -0.05) is 18.2 Å². The SMILES string of the molecule is Cn1ncnc1[C@@](O)(c1c[nH]c2ccccc12)C(F)(F)F. The van der Waals surface area contributed by atoms with E-state index in [1.54, 1.807) is 18.2 Å². The van der Waals surface area contributed by atoms with Gasteiger partial charge in [-0.25, -0.2) is 9.67 Å². The number of nitrogens with one attached hydrogen (secondary N) is 1. The van der Waals surface area contributed by atoms with Crippen LogP contribution in [-0.2, 0) is 12.6 Å². The summed E-state index contributed by atoms with van der Waals surface area (Å²) < 4.78 is 41.7. The van der Waals surface area contributed by atoms with Crippen LogP contribution in [0, 0.1) is 0 Å². The van der Waals surface area contributed by atoms with Gasteiger partial charge in [0.1, 0.15) is 6.33 Å². The van der Waals surface area contributed by atoms with Crippen LogP contribution in [0.1, 0.15) is 11.4 Å². The quantitative estimate of drug-likeness (QED) is 0.761. The van der Waals surface area contributed by atoms with Gasteiger partial charge in [0.15, 0.2) is 5.82 Å². The zero-order chi connectivity index (χ0) is 15.3. The molecular formula is C13H11F3N4O. The number of benzene rings is 1. The molecule has 0 saturated carbocycles. The average Bonchev–Trinajstić information content (AvgIpc) is 3.03. The molecule has 3 rings (SSSR count). The Labute approximate surface area is 117 Å². The minimum atomic E-state index is -4.95. The van der Waals surface area contributed by atoms with Gasteiger partial charge in [-0.2, -0.15) is 18.3 Å². The average molecular weight is 296 g/mol. The summed E-state index contributed by atoms with van der Waals surface area (Å²) >= 11 is 0. The van der Waals surface area contributed by atoms with Crippen molar-refractivity contribution in [3.05, 3.63) is 48.2 Å². The summed E-state index contributed by atoms with van der Waals surface area (Å²) in [5.41, 5.74) is -3.04. The van der Waals surface area contributed by atoms with Crippen molar-refractivity contribution in [1.29, 1.82) is 0 Å². The highest BCUT2D eigenvalue weighted by molar-refractivity contribution is 5.84. The minimum absolute atomic E-state index is 0.278. The fraction of sp³-hybridized carbons (Fsp3) is 0.231. The van der Waals surface area contributed by atoms with Crippen LogP contribution in [0.25, 0.3) is 10.9 Å². The van der Waals surface area contributed by atoms with Gasteiger partial charge in [0.25, 0.3) is 0 Å². The first kappa shape index (κ1) is 13.6. The van der Waals surface area contributed by atoms with Gasteiger partial charge in [-0.3, -0.25) is 0 Å². The maximum absolute atomic E-state index is 13.6. The number of hydrogen-bond acceptors (Lipinski definition) is 3. The van der Waals surface area contributed by atoms with E-state index in [1.165, 1.54) is 13.1 Å². The van der Waals surface area contributed by atoms with Crippen LogP contribution in [-0.4, -0.2) is 31.0 Å². The second kappa shape index (κ2) is 4.32. The van der Waals surface area contributed by atoms with Crippen molar-refractivity contribution in [2.24, 2.45) is 7.05 Å². The molecule has 8 heteroatoms. The number of aliphatic hydroxyl groups is 1. The molecule has 0 aliphatic carbocycles. The number of aromatic nitrogens is 4. The molecule has 2 heterocycles. The Bertz CT molecular complexity index is 792. The predicted molar refractivity (Wildman–Crippen MR) is 68.4 cm³/mol. The van der Waals surface area contributed by atoms with Crippen molar-refractivity contribution in [2.75, 3.05) is 0 Å². The van der Waals surface area contributed by atoms with Gasteiger partial charge in [-0.05, 0) is 6.07 Å². The monoisotopic (exact) mass is 296 g/mol. The number of halogens is 3. The summed E-state index contributed by atoms with van der Waals surface area (Å²) in [7, 11) is 1.30. The number of fused-ring (bicyclic) bond motifs is 1. The molecule has 0 radical (unpaired) electrons. The number of para-hydroxylation sites is 1. The molecule has 2 aromatic heterocycles. The van der Waals surface area contributed by atoms with E-state index in [-0.39, 0.29) is 10.9 Å². The van der Waals surface area contributed by atoms with Crippen molar-refractivity contribution in [2.45, 2.75) is 11.8 Å². The second-order valence-electron chi connectivity index (χ2n) is 4.66. The maximum atomic E-state index is 13.6. The molecule has 0 aliphatic heterocycles. The third-order valence-corrected chi connectivity index (χ3v) is 3.42. The summed E-state index contributed by atoms with van der Waals surface area (Å²) in [6.45, 7) is 0. The minimum Gasteiger partial charge on any atom is -0.370 e. The molecule has 110 valence electrons. The first-order chi connectivity index (χ1) is 9.85. The molecule has 21 heavy (non-hydrogen) atoms. The second-order valence-corrected chi connectivity index (χ2v) is 4.66. The molecule has 0 spiro atoms. The number of H-pyrrole nitrogens is 1. The van der Waals surface area contributed by atoms with Gasteiger partial charge in [-0.15, -0.1) is 0 Å². The molecule has 1 atom stereocenters. The number of nitrogens with zero attached hydrogens (tertiary/aromatic N) is 3. The number of rotatable bonds is 2. The lowest BCUT2D eigenvalue weighted by molar-refractivity contribution is -0.251. The van der Waals surface area contributed by atoms with Gasteiger partial charge in [0.2, 0.25) is 5.60 Å². The largest absolute Gasteiger partial charge is 0.429 e. The van der Waals surface area contributed by atoms with Gasteiger partial charge < -0.3 is 10.1 Å². The smallest absolute Gasteiger partial charge is 0.370 e. The van der Waals surface area contributed by atoms with Gasteiger partial charge in [0.05, 0.1) is 0 Å². The van der Waals surface area contributed by atoms with Crippen LogP contribution in [0.3, 0.4) is 0 Å². The maximum Gasteiger partial charge on any atom is 0.429 e. The standard InChI is InChI=1S/C13H11F3N4O/c1-20-11(18-7-19-20)12(21,13(14,15)16)9-6-17-10-5-3-2-4-8(9)10/h2-7,17,21H,1H3/t12-/m0/s1. The Hall–Kier alpha value is -2.35. The fourth-order valence-corrected chi connectivity index (χ4v) is 2.39. The number of aryl methyl sites for hydroxylation is 1. The van der Waals surface area contributed by atoms with E-state index in [0.717, 1.165) is 17.2 Å². The summed E-state index contributed by atoms with van der Waals surface area (Å²) in [6, 6.07) is 6.44. The fourth-order valence-electron chi connectivity index (χ4n) is 2.39. The highest BCUT2D eigenvalue weighted by Gasteiger charge is 2.60. The lowest BCUT2D eigenvalue weighted by atomic mass is 9.91. The van der Waals surface area contributed by atoms with Crippen molar-refractivity contribution >= 4 is 10.9 Å². The zero-order valence-electron chi connectivity index (χ0n) is 10.9. The van der Waals surface area contributed by atoms with Crippen LogP contribution in [0.4, 0.5) is 13.2 Å². The predicted octanol–water partition coefficient (Wildman–Crippen LogP) is 2.09. The molecule has 1 aromatic carbocycles. The van der Waals surface area contributed by atoms with Crippen LogP contribution in [0.2, 0.25) is 0 Å². The van der Waals surface area contributed by atoms with Crippen LogP contribution in [0.5, 0.6) is 0 Å². The Morgan fingerprint density at radius 1 is 1.24 bits per heavy atom. The first-order valence-electron chi connectivity index (χ1n) is 6.06. The van der Waals surface area contributed by atoms with E-state index >= 15 is 0 Å². The Balaban J connectivity index is 2.34. The topological polar surface area (TPSA) is 66.7 Å². The Morgan fingerprint density at radius 2 is 1.95 bits per heavy atom. The molecule has 0 amide bonds. The van der Waals surface area contributed by atoms with Crippen LogP contribution < -0.4 is 0 Å². The van der Waals surface area contributed by atoms with Crippen molar-refractivity contribution in [3.8, 4) is 0 Å². The molecule has 0 saturated heterocycles. The summed E-state index contributed by atoms with van der Waals surface area (Å²) in [5.74, 6) is -0.584. The van der Waals surface area contributed by atoms with Crippen LogP contribution >= 0.6 is 0 Å². The molecule has 0 fully saturated rings. The van der Waals surface area contributed by atoms with Gasteiger partial charge >= 0.3 is 6.18 Å². The third-order valence-electron chi connectivity index (χ3n) is 3.42. The highest BCUT2D eigenvalue weighted by atomic mass is 19.4. The van der Waals surface area contributed by atoms with Crippen molar-refractivity contribution < 1.29 is 18.3 Å². The molecule has 0 bridgehead atoms. The van der Waals surface area contributed by atoms with E-state index in [2.05, 4.69) is 15.1 Å². The summed E-state index contributed by atoms with van der Waals surface area (Å²) in [5, 5.41) is 14.4. The van der Waals surface area contributed by atoms with Crippen molar-refractivity contribution in [1.82, 2.24) is 19.7 Å². The summed E-state index contributed by atoms with van der Waals surface area (Å²) in [6.07, 6.45) is -2.83. The van der Waals surface area contributed by atoms with E-state index < -0.39 is 17.6 Å². The Morgan fingerprint density at radius 3 is 2.57 bits per heavy atom. The molecular weight excluding hydrogens is 285 g/mol. The molecule has 3 aromatic rings. The highest BCUT2D eigenvalue weighted by Crippen LogP contribution is 2.45. The van der Waals surface area contributed by atoms with E-state index in [0.29, 0.717) is 5.52 Å². The molecule has 0 unspecified atom stereocenters. The normalized spacial score (nSPS) is 15.3. The number of aromatic amines is 1.